The third-order valence-electron chi connectivity index (χ3n) is 4.84. The van der Waals surface area contributed by atoms with Crippen molar-refractivity contribution in [1.82, 2.24) is 4.90 Å². The summed E-state index contributed by atoms with van der Waals surface area (Å²) in [4.78, 5) is 15.0. The molecule has 108 valence electrons. The van der Waals surface area contributed by atoms with Crippen molar-refractivity contribution in [1.29, 1.82) is 0 Å². The molecular weight excluding hydrogens is 248 g/mol. The van der Waals surface area contributed by atoms with E-state index < -0.39 is 0 Å². The highest BCUT2D eigenvalue weighted by atomic mass is 16.2. The number of carbonyl (C=O) groups is 1. The summed E-state index contributed by atoms with van der Waals surface area (Å²) >= 11 is 0. The Morgan fingerprint density at radius 2 is 2.00 bits per heavy atom. The third kappa shape index (κ3) is 2.47. The van der Waals surface area contributed by atoms with Gasteiger partial charge in [0.15, 0.2) is 0 Å². The van der Waals surface area contributed by atoms with Gasteiger partial charge >= 0.3 is 0 Å². The Morgan fingerprint density at radius 1 is 1.20 bits per heavy atom. The van der Waals surface area contributed by atoms with E-state index in [1.54, 1.807) is 0 Å². The summed E-state index contributed by atoms with van der Waals surface area (Å²) in [6, 6.07) is 8.89. The summed E-state index contributed by atoms with van der Waals surface area (Å²) in [5, 5.41) is 0. The van der Waals surface area contributed by atoms with Gasteiger partial charge in [-0.3, -0.25) is 4.79 Å². The molecule has 0 aromatic heterocycles. The van der Waals surface area contributed by atoms with Gasteiger partial charge in [-0.15, -0.1) is 0 Å². The number of benzene rings is 1. The van der Waals surface area contributed by atoms with Gasteiger partial charge in [-0.1, -0.05) is 24.3 Å². The predicted molar refractivity (Wildman–Crippen MR) is 80.5 cm³/mol. The molecule has 0 heterocycles. The zero-order valence-electron chi connectivity index (χ0n) is 12.1. The van der Waals surface area contributed by atoms with E-state index in [1.165, 1.54) is 17.5 Å². The van der Waals surface area contributed by atoms with Crippen LogP contribution >= 0.6 is 0 Å². The van der Waals surface area contributed by atoms with Gasteiger partial charge in [0, 0.05) is 19.1 Å². The molecule has 3 rings (SSSR count). The maximum absolute atomic E-state index is 13.0. The van der Waals surface area contributed by atoms with Gasteiger partial charge < -0.3 is 10.6 Å². The summed E-state index contributed by atoms with van der Waals surface area (Å²) in [7, 11) is 0. The van der Waals surface area contributed by atoms with Crippen LogP contribution in [0.25, 0.3) is 0 Å². The van der Waals surface area contributed by atoms with Crippen molar-refractivity contribution < 1.29 is 4.79 Å². The smallest absolute Gasteiger partial charge is 0.230 e. The molecule has 0 spiro atoms. The molecule has 1 unspecified atom stereocenters. The van der Waals surface area contributed by atoms with Gasteiger partial charge in [-0.25, -0.2) is 0 Å². The van der Waals surface area contributed by atoms with Crippen LogP contribution in [0.3, 0.4) is 0 Å². The van der Waals surface area contributed by atoms with E-state index in [1.807, 2.05) is 0 Å². The molecule has 1 atom stereocenters. The van der Waals surface area contributed by atoms with E-state index in [4.69, 9.17) is 5.73 Å². The Morgan fingerprint density at radius 3 is 2.70 bits per heavy atom. The number of hydrogen-bond acceptors (Lipinski definition) is 2. The van der Waals surface area contributed by atoms with E-state index >= 15 is 0 Å². The van der Waals surface area contributed by atoms with E-state index in [9.17, 15) is 4.79 Å². The van der Waals surface area contributed by atoms with E-state index in [0.29, 0.717) is 25.0 Å². The lowest BCUT2D eigenvalue weighted by atomic mass is 9.81. The largest absolute Gasteiger partial charge is 0.338 e. The minimum atomic E-state index is 0.0621. The highest BCUT2D eigenvalue weighted by Crippen LogP contribution is 2.35. The topological polar surface area (TPSA) is 46.3 Å². The molecule has 0 aliphatic heterocycles. The van der Waals surface area contributed by atoms with Crippen molar-refractivity contribution in [2.24, 2.45) is 5.73 Å². The van der Waals surface area contributed by atoms with E-state index in [2.05, 4.69) is 29.2 Å². The number of nitrogens with two attached hydrogens (primary N) is 1. The second-order valence-corrected chi connectivity index (χ2v) is 6.05. The summed E-state index contributed by atoms with van der Waals surface area (Å²) < 4.78 is 0. The third-order valence-corrected chi connectivity index (χ3v) is 4.84. The first-order chi connectivity index (χ1) is 9.81. The van der Waals surface area contributed by atoms with Crippen LogP contribution in [0.5, 0.6) is 0 Å². The fourth-order valence-corrected chi connectivity index (χ4v) is 3.52. The fourth-order valence-electron chi connectivity index (χ4n) is 3.52. The van der Waals surface area contributed by atoms with Crippen LogP contribution in [0.1, 0.15) is 49.1 Å². The first kappa shape index (κ1) is 13.6. The standard InChI is InChI=1S/C17H24N2O/c18-11-12-19(14-7-4-8-14)17(20)16-10-3-6-13-5-1-2-9-15(13)16/h1-2,5,9,14,16H,3-4,6-8,10-12,18H2. The Labute approximate surface area is 121 Å². The van der Waals surface area contributed by atoms with Crippen LogP contribution in [0.15, 0.2) is 24.3 Å². The van der Waals surface area contributed by atoms with Crippen LogP contribution in [-0.4, -0.2) is 29.9 Å². The quantitative estimate of drug-likeness (QED) is 0.915. The number of fused-ring (bicyclic) bond motifs is 1. The minimum Gasteiger partial charge on any atom is -0.338 e. The normalized spacial score (nSPS) is 21.9. The van der Waals surface area contributed by atoms with Crippen molar-refractivity contribution in [3.63, 3.8) is 0 Å². The Kier molecular flexibility index (Phi) is 4.06. The lowest BCUT2D eigenvalue weighted by Crippen LogP contribution is -2.48. The molecule has 1 amide bonds. The van der Waals surface area contributed by atoms with Crippen molar-refractivity contribution >= 4 is 5.91 Å². The maximum atomic E-state index is 13.0. The molecule has 1 aromatic rings. The molecule has 0 saturated heterocycles. The average molecular weight is 272 g/mol. The Hall–Kier alpha value is -1.35. The van der Waals surface area contributed by atoms with Crippen LogP contribution in [-0.2, 0) is 11.2 Å². The molecule has 0 bridgehead atoms. The molecule has 0 radical (unpaired) electrons. The number of rotatable bonds is 4. The SMILES string of the molecule is NCCN(C(=O)C1CCCc2ccccc21)C1CCC1. The number of carbonyl (C=O) groups excluding carboxylic acids is 1. The van der Waals surface area contributed by atoms with Gasteiger partial charge in [-0.2, -0.15) is 0 Å². The Bertz CT molecular complexity index is 482. The molecule has 2 aliphatic rings. The van der Waals surface area contributed by atoms with Crippen LogP contribution in [0.2, 0.25) is 0 Å². The first-order valence-electron chi connectivity index (χ1n) is 7.89. The van der Waals surface area contributed by atoms with Crippen molar-refractivity contribution in [3.05, 3.63) is 35.4 Å². The molecule has 3 nitrogen and oxygen atoms in total. The molecular formula is C17H24N2O. The number of aryl methyl sites for hydroxylation is 1. The second kappa shape index (κ2) is 5.96. The van der Waals surface area contributed by atoms with E-state index in [-0.39, 0.29) is 5.92 Å². The second-order valence-electron chi connectivity index (χ2n) is 6.05. The van der Waals surface area contributed by atoms with Crippen molar-refractivity contribution in [2.45, 2.75) is 50.5 Å². The summed E-state index contributed by atoms with van der Waals surface area (Å²) in [6.07, 6.45) is 6.78. The molecule has 1 fully saturated rings. The van der Waals surface area contributed by atoms with Gasteiger partial charge in [0.25, 0.3) is 0 Å². The zero-order valence-corrected chi connectivity index (χ0v) is 12.1. The summed E-state index contributed by atoms with van der Waals surface area (Å²) in [6.45, 7) is 1.28. The summed E-state index contributed by atoms with van der Waals surface area (Å²) in [5.74, 6) is 0.374. The molecule has 2 N–H and O–H groups in total. The van der Waals surface area contributed by atoms with Gasteiger partial charge in [0.05, 0.1) is 5.92 Å². The molecule has 2 aliphatic carbocycles. The zero-order chi connectivity index (χ0) is 13.9. The highest BCUT2D eigenvalue weighted by molar-refractivity contribution is 5.84. The van der Waals surface area contributed by atoms with Crippen molar-refractivity contribution in [2.75, 3.05) is 13.1 Å². The molecule has 1 saturated carbocycles. The molecule has 3 heteroatoms. The summed E-state index contributed by atoms with van der Waals surface area (Å²) in [5.41, 5.74) is 8.33. The number of nitrogens with zero attached hydrogens (tertiary/aromatic N) is 1. The van der Waals surface area contributed by atoms with Gasteiger partial charge in [0.1, 0.15) is 0 Å². The number of amides is 1. The maximum Gasteiger partial charge on any atom is 0.230 e. The molecule has 20 heavy (non-hydrogen) atoms. The average Bonchev–Trinajstić information content (AvgIpc) is 2.43. The molecule has 1 aromatic carbocycles. The monoisotopic (exact) mass is 272 g/mol. The first-order valence-corrected chi connectivity index (χ1v) is 7.89. The fraction of sp³-hybridized carbons (Fsp3) is 0.588. The van der Waals surface area contributed by atoms with E-state index in [0.717, 1.165) is 32.1 Å². The van der Waals surface area contributed by atoms with Crippen molar-refractivity contribution in [3.8, 4) is 0 Å². The minimum absolute atomic E-state index is 0.0621. The van der Waals surface area contributed by atoms with Crippen LogP contribution in [0, 0.1) is 0 Å². The number of hydrogen-bond donors (Lipinski definition) is 1. The lowest BCUT2D eigenvalue weighted by Gasteiger charge is -2.40. The van der Waals surface area contributed by atoms with Gasteiger partial charge in [0.2, 0.25) is 5.91 Å². The van der Waals surface area contributed by atoms with Crippen LogP contribution in [0.4, 0.5) is 0 Å². The lowest BCUT2D eigenvalue weighted by molar-refractivity contribution is -0.137. The predicted octanol–water partition coefficient (Wildman–Crippen LogP) is 2.45. The van der Waals surface area contributed by atoms with Crippen LogP contribution < -0.4 is 5.73 Å². The van der Waals surface area contributed by atoms with Gasteiger partial charge in [-0.05, 0) is 49.7 Å². The highest BCUT2D eigenvalue weighted by Gasteiger charge is 2.34. The Balaban J connectivity index is 1.82.